The van der Waals surface area contributed by atoms with Crippen molar-refractivity contribution in [1.82, 2.24) is 10.2 Å². The van der Waals surface area contributed by atoms with Crippen LogP contribution in [0.1, 0.15) is 24.4 Å². The zero-order valence-electron chi connectivity index (χ0n) is 11.3. The molecule has 2 amide bonds. The standard InChI is InChI=1S/C14H17ClN2O4/c15-11-4-2-1-3-10(11)12(13(19)20)16-14(21)17-7-5-9(18)6-8-17/h1-4,9,12,18H,5-8H2,(H,16,21)(H,19,20)/t12-/m1/s1. The van der Waals surface area contributed by atoms with Crippen molar-refractivity contribution < 1.29 is 19.8 Å². The quantitative estimate of drug-likeness (QED) is 0.791. The monoisotopic (exact) mass is 312 g/mol. The Kier molecular flexibility index (Phi) is 5.03. The molecule has 0 spiro atoms. The van der Waals surface area contributed by atoms with E-state index in [-0.39, 0.29) is 0 Å². The number of urea groups is 1. The Hall–Kier alpha value is -1.79. The molecule has 7 heteroatoms. The zero-order valence-corrected chi connectivity index (χ0v) is 12.1. The highest BCUT2D eigenvalue weighted by molar-refractivity contribution is 6.31. The summed E-state index contributed by atoms with van der Waals surface area (Å²) in [5.74, 6) is -1.17. The molecule has 1 aliphatic heterocycles. The van der Waals surface area contributed by atoms with E-state index in [1.165, 1.54) is 4.90 Å². The predicted octanol–water partition coefficient (Wildman–Crippen LogP) is 1.63. The number of amides is 2. The predicted molar refractivity (Wildman–Crippen MR) is 77.2 cm³/mol. The van der Waals surface area contributed by atoms with Crippen LogP contribution in [0.4, 0.5) is 4.79 Å². The van der Waals surface area contributed by atoms with Crippen LogP contribution in [-0.4, -0.2) is 46.3 Å². The average molecular weight is 313 g/mol. The number of likely N-dealkylation sites (tertiary alicyclic amines) is 1. The van der Waals surface area contributed by atoms with Gasteiger partial charge in [-0.05, 0) is 18.9 Å². The lowest BCUT2D eigenvalue weighted by atomic mass is 10.1. The maximum atomic E-state index is 12.1. The van der Waals surface area contributed by atoms with Crippen molar-refractivity contribution in [3.05, 3.63) is 34.9 Å². The number of rotatable bonds is 3. The van der Waals surface area contributed by atoms with Gasteiger partial charge in [-0.1, -0.05) is 29.8 Å². The van der Waals surface area contributed by atoms with Gasteiger partial charge in [-0.2, -0.15) is 0 Å². The summed E-state index contributed by atoms with van der Waals surface area (Å²) >= 11 is 5.99. The van der Waals surface area contributed by atoms with Crippen LogP contribution >= 0.6 is 11.6 Å². The number of aliphatic hydroxyl groups excluding tert-OH is 1. The van der Waals surface area contributed by atoms with Crippen LogP contribution < -0.4 is 5.32 Å². The highest BCUT2D eigenvalue weighted by Crippen LogP contribution is 2.23. The van der Waals surface area contributed by atoms with Gasteiger partial charge < -0.3 is 20.4 Å². The molecular formula is C14H17ClN2O4. The van der Waals surface area contributed by atoms with Gasteiger partial charge in [0.2, 0.25) is 0 Å². The number of carbonyl (C=O) groups is 2. The Morgan fingerprint density at radius 1 is 1.29 bits per heavy atom. The molecule has 0 aromatic heterocycles. The van der Waals surface area contributed by atoms with E-state index in [4.69, 9.17) is 11.6 Å². The van der Waals surface area contributed by atoms with Crippen molar-refractivity contribution in [2.45, 2.75) is 25.0 Å². The summed E-state index contributed by atoms with van der Waals surface area (Å²) < 4.78 is 0. The van der Waals surface area contributed by atoms with E-state index in [1.807, 2.05) is 0 Å². The molecule has 0 radical (unpaired) electrons. The molecule has 1 heterocycles. The van der Waals surface area contributed by atoms with E-state index < -0.39 is 24.1 Å². The Balaban J connectivity index is 2.08. The number of hydrogen-bond donors (Lipinski definition) is 3. The fraction of sp³-hybridized carbons (Fsp3) is 0.429. The molecule has 0 saturated carbocycles. The van der Waals surface area contributed by atoms with Crippen LogP contribution in [0.2, 0.25) is 5.02 Å². The lowest BCUT2D eigenvalue weighted by Crippen LogP contribution is -2.47. The molecule has 1 fully saturated rings. The first-order valence-electron chi connectivity index (χ1n) is 6.69. The Morgan fingerprint density at radius 2 is 1.90 bits per heavy atom. The van der Waals surface area contributed by atoms with Crippen LogP contribution in [0.5, 0.6) is 0 Å². The average Bonchev–Trinajstić information content (AvgIpc) is 2.46. The third-order valence-corrected chi connectivity index (χ3v) is 3.83. The minimum absolute atomic E-state index is 0.291. The summed E-state index contributed by atoms with van der Waals surface area (Å²) in [6, 6.07) is 4.85. The van der Waals surface area contributed by atoms with Gasteiger partial charge in [0.05, 0.1) is 6.10 Å². The number of aliphatic carboxylic acids is 1. The van der Waals surface area contributed by atoms with Crippen molar-refractivity contribution in [3.8, 4) is 0 Å². The summed E-state index contributed by atoms with van der Waals surface area (Å²) in [6.45, 7) is 0.809. The van der Waals surface area contributed by atoms with Crippen molar-refractivity contribution in [2.75, 3.05) is 13.1 Å². The van der Waals surface area contributed by atoms with Gasteiger partial charge in [0.15, 0.2) is 6.04 Å². The van der Waals surface area contributed by atoms with Crippen molar-refractivity contribution >= 4 is 23.6 Å². The van der Waals surface area contributed by atoms with Crippen LogP contribution in [0.3, 0.4) is 0 Å². The third kappa shape index (κ3) is 3.86. The molecule has 1 aliphatic rings. The number of halogens is 1. The van der Waals surface area contributed by atoms with Crippen molar-refractivity contribution in [1.29, 1.82) is 0 Å². The molecule has 1 aromatic carbocycles. The maximum Gasteiger partial charge on any atom is 0.331 e. The molecule has 114 valence electrons. The van der Waals surface area contributed by atoms with E-state index in [2.05, 4.69) is 5.32 Å². The second-order valence-corrected chi connectivity index (χ2v) is 5.37. The first-order chi connectivity index (χ1) is 9.99. The molecule has 0 unspecified atom stereocenters. The summed E-state index contributed by atoms with van der Waals surface area (Å²) in [7, 11) is 0. The zero-order chi connectivity index (χ0) is 15.4. The second kappa shape index (κ2) is 6.78. The van der Waals surface area contributed by atoms with E-state index in [9.17, 15) is 19.8 Å². The van der Waals surface area contributed by atoms with E-state index >= 15 is 0 Å². The minimum atomic E-state index is -1.20. The number of carbonyl (C=O) groups excluding carboxylic acids is 1. The Labute approximate surface area is 127 Å². The normalized spacial score (nSPS) is 17.3. The lowest BCUT2D eigenvalue weighted by molar-refractivity contribution is -0.139. The molecule has 2 rings (SSSR count). The number of hydrogen-bond acceptors (Lipinski definition) is 3. The molecule has 6 nitrogen and oxygen atoms in total. The SMILES string of the molecule is O=C(O)[C@H](NC(=O)N1CCC(O)CC1)c1ccccc1Cl. The van der Waals surface area contributed by atoms with Gasteiger partial charge in [-0.3, -0.25) is 0 Å². The lowest BCUT2D eigenvalue weighted by Gasteiger charge is -2.30. The summed E-state index contributed by atoms with van der Waals surface area (Å²) in [5.41, 5.74) is 0.345. The fourth-order valence-electron chi connectivity index (χ4n) is 2.27. The van der Waals surface area contributed by atoms with Gasteiger partial charge in [0.25, 0.3) is 0 Å². The number of nitrogens with one attached hydrogen (secondary N) is 1. The minimum Gasteiger partial charge on any atom is -0.479 e. The highest BCUT2D eigenvalue weighted by atomic mass is 35.5. The number of nitrogens with zero attached hydrogens (tertiary/aromatic N) is 1. The number of benzene rings is 1. The Morgan fingerprint density at radius 3 is 2.48 bits per heavy atom. The molecular weight excluding hydrogens is 296 g/mol. The van der Waals surface area contributed by atoms with Gasteiger partial charge >= 0.3 is 12.0 Å². The largest absolute Gasteiger partial charge is 0.479 e. The summed E-state index contributed by atoms with van der Waals surface area (Å²) in [6.07, 6.45) is 0.599. The number of carboxylic acids is 1. The highest BCUT2D eigenvalue weighted by Gasteiger charge is 2.28. The van der Waals surface area contributed by atoms with Gasteiger partial charge in [0, 0.05) is 23.7 Å². The van der Waals surface area contributed by atoms with Crippen LogP contribution in [-0.2, 0) is 4.79 Å². The number of carboxylic acid groups (broad SMARTS) is 1. The molecule has 1 aromatic rings. The summed E-state index contributed by atoms with van der Waals surface area (Å²) in [4.78, 5) is 25.0. The molecule has 0 aliphatic carbocycles. The molecule has 0 bridgehead atoms. The smallest absolute Gasteiger partial charge is 0.331 e. The van der Waals surface area contributed by atoms with Gasteiger partial charge in [0.1, 0.15) is 0 Å². The van der Waals surface area contributed by atoms with Crippen LogP contribution in [0, 0.1) is 0 Å². The number of piperidine rings is 1. The van der Waals surface area contributed by atoms with E-state index in [1.54, 1.807) is 24.3 Å². The van der Waals surface area contributed by atoms with Crippen molar-refractivity contribution in [3.63, 3.8) is 0 Å². The maximum absolute atomic E-state index is 12.1. The molecule has 3 N–H and O–H groups in total. The molecule has 1 atom stereocenters. The number of aliphatic hydroxyl groups is 1. The first-order valence-corrected chi connectivity index (χ1v) is 7.07. The van der Waals surface area contributed by atoms with Crippen molar-refractivity contribution in [2.24, 2.45) is 0 Å². The molecule has 1 saturated heterocycles. The van der Waals surface area contributed by atoms with E-state index in [0.717, 1.165) is 0 Å². The van der Waals surface area contributed by atoms with Gasteiger partial charge in [-0.15, -0.1) is 0 Å². The van der Waals surface area contributed by atoms with Gasteiger partial charge in [-0.25, -0.2) is 9.59 Å². The molecule has 21 heavy (non-hydrogen) atoms. The topological polar surface area (TPSA) is 89.9 Å². The second-order valence-electron chi connectivity index (χ2n) is 4.96. The Bertz CT molecular complexity index is 529. The van der Waals surface area contributed by atoms with Crippen LogP contribution in [0.15, 0.2) is 24.3 Å². The first kappa shape index (κ1) is 15.6. The summed E-state index contributed by atoms with van der Waals surface area (Å²) in [5, 5.41) is 21.5. The fourth-order valence-corrected chi connectivity index (χ4v) is 2.51. The van der Waals surface area contributed by atoms with Crippen LogP contribution in [0.25, 0.3) is 0 Å². The van der Waals surface area contributed by atoms with E-state index in [0.29, 0.717) is 36.5 Å². The third-order valence-electron chi connectivity index (χ3n) is 3.48.